The van der Waals surface area contributed by atoms with Crippen LogP contribution in [0.1, 0.15) is 18.5 Å². The maximum absolute atomic E-state index is 13.1. The first-order valence-electron chi connectivity index (χ1n) is 3.32. The van der Waals surface area contributed by atoms with Gasteiger partial charge in [0.25, 0.3) is 0 Å². The van der Waals surface area contributed by atoms with Gasteiger partial charge in [-0.25, -0.2) is 4.39 Å². The van der Waals surface area contributed by atoms with Crippen LogP contribution in [0.4, 0.5) is 4.39 Å². The zero-order valence-corrected chi connectivity index (χ0v) is 7.73. The van der Waals surface area contributed by atoms with Gasteiger partial charge in [-0.15, -0.1) is 0 Å². The van der Waals surface area contributed by atoms with E-state index < -0.39 is 0 Å². The summed E-state index contributed by atoms with van der Waals surface area (Å²) in [5.74, 6) is -0.262. The molecule has 0 spiro atoms. The lowest BCUT2D eigenvalue weighted by molar-refractivity contribution is 0.587. The summed E-state index contributed by atoms with van der Waals surface area (Å²) in [6, 6.07) is 4.85. The van der Waals surface area contributed by atoms with Crippen molar-refractivity contribution < 1.29 is 4.39 Å². The average molecular weight is 218 g/mol. The first-order chi connectivity index (χ1) is 5.13. The predicted octanol–water partition coefficient (Wildman–Crippen LogP) is 2.61. The second-order valence-electron chi connectivity index (χ2n) is 2.43. The fraction of sp³-hybridized carbons (Fsp3) is 0.250. The molecule has 0 aliphatic rings. The number of rotatable bonds is 1. The van der Waals surface area contributed by atoms with Crippen LogP contribution in [0.2, 0.25) is 0 Å². The number of hydrogen-bond acceptors (Lipinski definition) is 1. The molecule has 0 amide bonds. The van der Waals surface area contributed by atoms with Crippen LogP contribution in [0.3, 0.4) is 0 Å². The monoisotopic (exact) mass is 217 g/mol. The molecule has 11 heavy (non-hydrogen) atoms. The van der Waals surface area contributed by atoms with Gasteiger partial charge >= 0.3 is 0 Å². The van der Waals surface area contributed by atoms with Gasteiger partial charge in [0, 0.05) is 11.6 Å². The molecule has 1 nitrogen and oxygen atoms in total. The fourth-order valence-electron chi connectivity index (χ4n) is 0.872. The van der Waals surface area contributed by atoms with Crippen molar-refractivity contribution in [3.8, 4) is 0 Å². The van der Waals surface area contributed by atoms with Crippen LogP contribution >= 0.6 is 15.9 Å². The molecule has 0 bridgehead atoms. The molecule has 0 saturated heterocycles. The van der Waals surface area contributed by atoms with Crippen molar-refractivity contribution in [2.45, 2.75) is 13.0 Å². The Kier molecular flexibility index (Phi) is 2.62. The minimum atomic E-state index is -0.262. The summed E-state index contributed by atoms with van der Waals surface area (Å²) in [5, 5.41) is 0. The Hall–Kier alpha value is -0.410. The lowest BCUT2D eigenvalue weighted by atomic mass is 10.1. The first kappa shape index (κ1) is 8.68. The van der Waals surface area contributed by atoms with Gasteiger partial charge in [0.05, 0.1) is 4.47 Å². The van der Waals surface area contributed by atoms with Crippen molar-refractivity contribution in [2.75, 3.05) is 0 Å². The molecule has 0 heterocycles. The average Bonchev–Trinajstić information content (AvgIpc) is 1.94. The standard InChI is InChI=1S/C8H9BrFN/c1-5(11)6-3-2-4-7(9)8(6)10/h2-5H,11H2,1H3/t5-/m0/s1. The minimum Gasteiger partial charge on any atom is -0.324 e. The highest BCUT2D eigenvalue weighted by molar-refractivity contribution is 9.10. The number of hydrogen-bond donors (Lipinski definition) is 1. The fourth-order valence-corrected chi connectivity index (χ4v) is 1.25. The molecule has 1 atom stereocenters. The van der Waals surface area contributed by atoms with Gasteiger partial charge in [0.1, 0.15) is 5.82 Å². The van der Waals surface area contributed by atoms with Crippen molar-refractivity contribution in [3.05, 3.63) is 34.1 Å². The van der Waals surface area contributed by atoms with E-state index in [1.54, 1.807) is 25.1 Å². The Morgan fingerprint density at radius 1 is 1.55 bits per heavy atom. The Morgan fingerprint density at radius 2 is 2.18 bits per heavy atom. The Morgan fingerprint density at radius 3 is 2.64 bits per heavy atom. The number of benzene rings is 1. The van der Waals surface area contributed by atoms with Gasteiger partial charge in [-0.2, -0.15) is 0 Å². The third-order valence-electron chi connectivity index (χ3n) is 1.47. The van der Waals surface area contributed by atoms with E-state index in [-0.39, 0.29) is 11.9 Å². The highest BCUT2D eigenvalue weighted by Gasteiger charge is 2.08. The van der Waals surface area contributed by atoms with E-state index in [9.17, 15) is 4.39 Å². The summed E-state index contributed by atoms with van der Waals surface area (Å²) in [4.78, 5) is 0. The minimum absolute atomic E-state index is 0.257. The van der Waals surface area contributed by atoms with Gasteiger partial charge in [-0.1, -0.05) is 12.1 Å². The quantitative estimate of drug-likeness (QED) is 0.770. The molecule has 0 aliphatic carbocycles. The molecular weight excluding hydrogens is 209 g/mol. The van der Waals surface area contributed by atoms with E-state index in [2.05, 4.69) is 15.9 Å². The first-order valence-corrected chi connectivity index (χ1v) is 4.11. The smallest absolute Gasteiger partial charge is 0.142 e. The second-order valence-corrected chi connectivity index (χ2v) is 3.29. The van der Waals surface area contributed by atoms with E-state index in [0.29, 0.717) is 10.0 Å². The van der Waals surface area contributed by atoms with Crippen LogP contribution in [0.15, 0.2) is 22.7 Å². The van der Waals surface area contributed by atoms with Crippen molar-refractivity contribution >= 4 is 15.9 Å². The van der Waals surface area contributed by atoms with Crippen molar-refractivity contribution in [3.63, 3.8) is 0 Å². The van der Waals surface area contributed by atoms with Gasteiger partial charge in [0.2, 0.25) is 0 Å². The Balaban J connectivity index is 3.17. The number of halogens is 2. The zero-order chi connectivity index (χ0) is 8.43. The normalized spacial score (nSPS) is 13.1. The Labute approximate surface area is 73.5 Å². The molecule has 0 fully saturated rings. The molecule has 0 saturated carbocycles. The summed E-state index contributed by atoms with van der Waals surface area (Å²) >= 11 is 3.08. The van der Waals surface area contributed by atoms with Gasteiger partial charge in [-0.3, -0.25) is 0 Å². The highest BCUT2D eigenvalue weighted by Crippen LogP contribution is 2.21. The third-order valence-corrected chi connectivity index (χ3v) is 2.08. The van der Waals surface area contributed by atoms with Crippen molar-refractivity contribution in [1.82, 2.24) is 0 Å². The van der Waals surface area contributed by atoms with Crippen LogP contribution in [0, 0.1) is 5.82 Å². The van der Waals surface area contributed by atoms with E-state index in [0.717, 1.165) is 0 Å². The topological polar surface area (TPSA) is 26.0 Å². The largest absolute Gasteiger partial charge is 0.324 e. The third kappa shape index (κ3) is 1.79. The van der Waals surface area contributed by atoms with Crippen molar-refractivity contribution in [1.29, 1.82) is 0 Å². The molecule has 0 radical (unpaired) electrons. The molecule has 0 aromatic heterocycles. The van der Waals surface area contributed by atoms with E-state index in [1.807, 2.05) is 0 Å². The van der Waals surface area contributed by atoms with Crippen LogP contribution in [0.5, 0.6) is 0 Å². The second kappa shape index (κ2) is 3.32. The molecule has 60 valence electrons. The molecule has 1 aromatic carbocycles. The summed E-state index contributed by atoms with van der Waals surface area (Å²) in [5.41, 5.74) is 6.06. The lowest BCUT2D eigenvalue weighted by Crippen LogP contribution is -2.07. The maximum Gasteiger partial charge on any atom is 0.142 e. The highest BCUT2D eigenvalue weighted by atomic mass is 79.9. The number of nitrogens with two attached hydrogens (primary N) is 1. The molecule has 3 heteroatoms. The van der Waals surface area contributed by atoms with Gasteiger partial charge in [0.15, 0.2) is 0 Å². The molecular formula is C8H9BrFN. The van der Waals surface area contributed by atoms with Crippen LogP contribution < -0.4 is 5.73 Å². The lowest BCUT2D eigenvalue weighted by Gasteiger charge is -2.06. The van der Waals surface area contributed by atoms with Gasteiger partial charge in [-0.05, 0) is 28.9 Å². The summed E-state index contributed by atoms with van der Waals surface area (Å²) in [6.07, 6.45) is 0. The van der Waals surface area contributed by atoms with Crippen LogP contribution in [-0.2, 0) is 0 Å². The van der Waals surface area contributed by atoms with E-state index >= 15 is 0 Å². The molecule has 0 unspecified atom stereocenters. The predicted molar refractivity (Wildman–Crippen MR) is 46.7 cm³/mol. The van der Waals surface area contributed by atoms with E-state index in [4.69, 9.17) is 5.73 Å². The van der Waals surface area contributed by atoms with Crippen LogP contribution in [-0.4, -0.2) is 0 Å². The SMILES string of the molecule is C[C@H](N)c1cccc(Br)c1F. The Bertz CT molecular complexity index is 260. The summed E-state index contributed by atoms with van der Waals surface area (Å²) < 4.78 is 13.6. The summed E-state index contributed by atoms with van der Waals surface area (Å²) in [7, 11) is 0. The van der Waals surface area contributed by atoms with Crippen LogP contribution in [0.25, 0.3) is 0 Å². The molecule has 0 aliphatic heterocycles. The van der Waals surface area contributed by atoms with E-state index in [1.165, 1.54) is 0 Å². The molecule has 1 aromatic rings. The maximum atomic E-state index is 13.1. The van der Waals surface area contributed by atoms with Gasteiger partial charge < -0.3 is 5.73 Å². The molecule has 2 N–H and O–H groups in total. The zero-order valence-electron chi connectivity index (χ0n) is 6.14. The van der Waals surface area contributed by atoms with Crippen molar-refractivity contribution in [2.24, 2.45) is 5.73 Å². The summed E-state index contributed by atoms with van der Waals surface area (Å²) in [6.45, 7) is 1.75. The molecule has 1 rings (SSSR count).